The molecule has 1 heterocycles. The van der Waals surface area contributed by atoms with Gasteiger partial charge in [-0.15, -0.1) is 0 Å². The van der Waals surface area contributed by atoms with E-state index < -0.39 is 0 Å². The van der Waals surface area contributed by atoms with Crippen molar-refractivity contribution >= 4 is 17.5 Å². The summed E-state index contributed by atoms with van der Waals surface area (Å²) >= 11 is 5.90. The molecule has 2 rings (SSSR count). The molecule has 0 radical (unpaired) electrons. The predicted octanol–water partition coefficient (Wildman–Crippen LogP) is 2.90. The Balaban J connectivity index is 2.05. The molecule has 1 N–H and O–H groups in total. The highest BCUT2D eigenvalue weighted by atomic mass is 35.5. The summed E-state index contributed by atoms with van der Waals surface area (Å²) in [7, 11) is 0. The Morgan fingerprint density at radius 3 is 2.82 bits per heavy atom. The van der Waals surface area contributed by atoms with Crippen LogP contribution in [-0.4, -0.2) is 16.9 Å². The number of carbonyl (C=O) groups excluding carboxylic acids is 1. The summed E-state index contributed by atoms with van der Waals surface area (Å²) in [6.07, 6.45) is 3.80. The van der Waals surface area contributed by atoms with Gasteiger partial charge in [0.2, 0.25) is 0 Å². The van der Waals surface area contributed by atoms with Crippen LogP contribution in [0.15, 0.2) is 18.3 Å². The smallest absolute Gasteiger partial charge is 0.254 e. The quantitative estimate of drug-likeness (QED) is 0.823. The van der Waals surface area contributed by atoms with Crippen molar-refractivity contribution in [1.29, 1.82) is 0 Å². The number of nitrogens with one attached hydrogen (secondary N) is 1. The van der Waals surface area contributed by atoms with Gasteiger partial charge in [-0.3, -0.25) is 4.79 Å². The molecule has 0 aromatic carbocycles. The molecule has 3 nitrogen and oxygen atoms in total. The number of halogens is 1. The number of pyridine rings is 1. The predicted molar refractivity (Wildman–Crippen MR) is 68.1 cm³/mol. The molecular formula is C13H17ClN2O. The summed E-state index contributed by atoms with van der Waals surface area (Å²) in [5.41, 5.74) is 0.459. The molecule has 0 bridgehead atoms. The molecule has 92 valence electrons. The maximum Gasteiger partial charge on any atom is 0.254 e. The molecule has 1 fully saturated rings. The minimum absolute atomic E-state index is 0.117. The number of aromatic nitrogens is 1. The van der Waals surface area contributed by atoms with Crippen molar-refractivity contribution in [3.8, 4) is 0 Å². The number of amides is 1. The van der Waals surface area contributed by atoms with Gasteiger partial charge in [-0.1, -0.05) is 25.4 Å². The highest BCUT2D eigenvalue weighted by molar-refractivity contribution is 6.32. The number of carbonyl (C=O) groups is 1. The van der Waals surface area contributed by atoms with Gasteiger partial charge in [-0.25, -0.2) is 4.98 Å². The van der Waals surface area contributed by atoms with Crippen molar-refractivity contribution in [2.24, 2.45) is 11.8 Å². The van der Waals surface area contributed by atoms with E-state index in [1.165, 1.54) is 6.42 Å². The van der Waals surface area contributed by atoms with E-state index in [9.17, 15) is 4.79 Å². The van der Waals surface area contributed by atoms with Crippen molar-refractivity contribution < 1.29 is 4.79 Å². The first-order valence-corrected chi connectivity index (χ1v) is 6.38. The Hall–Kier alpha value is -1.09. The third-order valence-corrected chi connectivity index (χ3v) is 4.09. The van der Waals surface area contributed by atoms with Crippen LogP contribution >= 0.6 is 11.6 Å². The highest BCUT2D eigenvalue weighted by Crippen LogP contribution is 2.31. The summed E-state index contributed by atoms with van der Waals surface area (Å²) in [4.78, 5) is 16.0. The van der Waals surface area contributed by atoms with Crippen LogP contribution in [0.2, 0.25) is 5.15 Å². The topological polar surface area (TPSA) is 42.0 Å². The largest absolute Gasteiger partial charge is 0.349 e. The second-order valence-electron chi connectivity index (χ2n) is 4.84. The van der Waals surface area contributed by atoms with E-state index in [0.29, 0.717) is 17.4 Å². The lowest BCUT2D eigenvalue weighted by molar-refractivity contribution is 0.0927. The summed E-state index contributed by atoms with van der Waals surface area (Å²) < 4.78 is 0. The summed E-state index contributed by atoms with van der Waals surface area (Å²) in [6.45, 7) is 4.42. The zero-order chi connectivity index (χ0) is 12.4. The lowest BCUT2D eigenvalue weighted by Crippen LogP contribution is -2.37. The Morgan fingerprint density at radius 1 is 1.47 bits per heavy atom. The fraction of sp³-hybridized carbons (Fsp3) is 0.538. The van der Waals surface area contributed by atoms with Crippen LogP contribution in [0.3, 0.4) is 0 Å². The summed E-state index contributed by atoms with van der Waals surface area (Å²) in [5.74, 6) is 1.08. The monoisotopic (exact) mass is 252 g/mol. The number of rotatable bonds is 2. The van der Waals surface area contributed by atoms with E-state index in [1.54, 1.807) is 18.3 Å². The maximum atomic E-state index is 12.0. The van der Waals surface area contributed by atoms with Crippen LogP contribution in [-0.2, 0) is 0 Å². The average molecular weight is 253 g/mol. The van der Waals surface area contributed by atoms with E-state index in [0.717, 1.165) is 6.42 Å². The van der Waals surface area contributed by atoms with Gasteiger partial charge in [0.15, 0.2) is 0 Å². The Kier molecular flexibility index (Phi) is 3.67. The fourth-order valence-electron chi connectivity index (χ4n) is 2.37. The highest BCUT2D eigenvalue weighted by Gasteiger charge is 2.31. The zero-order valence-electron chi connectivity index (χ0n) is 10.1. The van der Waals surface area contributed by atoms with E-state index in [4.69, 9.17) is 11.6 Å². The minimum Gasteiger partial charge on any atom is -0.349 e. The van der Waals surface area contributed by atoms with Gasteiger partial charge < -0.3 is 5.32 Å². The second-order valence-corrected chi connectivity index (χ2v) is 5.19. The van der Waals surface area contributed by atoms with Gasteiger partial charge in [0, 0.05) is 12.2 Å². The molecule has 0 saturated heterocycles. The lowest BCUT2D eigenvalue weighted by Gasteiger charge is -2.19. The van der Waals surface area contributed by atoms with E-state index in [2.05, 4.69) is 24.1 Å². The SMILES string of the molecule is CC1CCC(NC(=O)c2cccnc2Cl)C1C. The van der Waals surface area contributed by atoms with Crippen molar-refractivity contribution in [1.82, 2.24) is 10.3 Å². The molecule has 1 aliphatic rings. The van der Waals surface area contributed by atoms with Gasteiger partial charge in [-0.05, 0) is 36.8 Å². The van der Waals surface area contributed by atoms with Crippen LogP contribution in [0.5, 0.6) is 0 Å². The van der Waals surface area contributed by atoms with Gasteiger partial charge in [0.25, 0.3) is 5.91 Å². The van der Waals surface area contributed by atoms with Gasteiger partial charge in [0.05, 0.1) is 5.56 Å². The minimum atomic E-state index is -0.117. The van der Waals surface area contributed by atoms with E-state index in [1.807, 2.05) is 0 Å². The Bertz CT molecular complexity index is 422. The summed E-state index contributed by atoms with van der Waals surface area (Å²) in [5, 5.41) is 3.32. The van der Waals surface area contributed by atoms with Gasteiger partial charge in [-0.2, -0.15) is 0 Å². The van der Waals surface area contributed by atoms with Crippen LogP contribution in [0.25, 0.3) is 0 Å². The first-order chi connectivity index (χ1) is 8.09. The molecule has 17 heavy (non-hydrogen) atoms. The van der Waals surface area contributed by atoms with E-state index >= 15 is 0 Å². The lowest BCUT2D eigenvalue weighted by atomic mass is 9.97. The van der Waals surface area contributed by atoms with Crippen molar-refractivity contribution in [2.45, 2.75) is 32.7 Å². The zero-order valence-corrected chi connectivity index (χ0v) is 10.9. The molecule has 0 spiro atoms. The first kappa shape index (κ1) is 12.4. The molecule has 3 atom stereocenters. The summed E-state index contributed by atoms with van der Waals surface area (Å²) in [6, 6.07) is 3.68. The third-order valence-electron chi connectivity index (χ3n) is 3.79. The van der Waals surface area contributed by atoms with Gasteiger partial charge >= 0.3 is 0 Å². The van der Waals surface area contributed by atoms with Crippen LogP contribution in [0.1, 0.15) is 37.0 Å². The molecule has 0 aliphatic heterocycles. The van der Waals surface area contributed by atoms with Crippen molar-refractivity contribution in [3.05, 3.63) is 29.0 Å². The second kappa shape index (κ2) is 5.05. The van der Waals surface area contributed by atoms with Crippen LogP contribution < -0.4 is 5.32 Å². The molecule has 1 saturated carbocycles. The Morgan fingerprint density at radius 2 is 2.24 bits per heavy atom. The number of nitrogens with zero attached hydrogens (tertiary/aromatic N) is 1. The fourth-order valence-corrected chi connectivity index (χ4v) is 2.58. The van der Waals surface area contributed by atoms with Gasteiger partial charge in [0.1, 0.15) is 5.15 Å². The standard InChI is InChI=1S/C13H17ClN2O/c1-8-5-6-11(9(8)2)16-13(17)10-4-3-7-15-12(10)14/h3-4,7-9,11H,5-6H2,1-2H3,(H,16,17). The number of hydrogen-bond donors (Lipinski definition) is 1. The molecule has 3 unspecified atom stereocenters. The number of hydrogen-bond acceptors (Lipinski definition) is 2. The molecular weight excluding hydrogens is 236 g/mol. The molecule has 1 amide bonds. The molecule has 1 aliphatic carbocycles. The molecule has 4 heteroatoms. The molecule has 1 aromatic heterocycles. The van der Waals surface area contributed by atoms with Crippen LogP contribution in [0, 0.1) is 11.8 Å². The normalized spacial score (nSPS) is 28.1. The van der Waals surface area contributed by atoms with E-state index in [-0.39, 0.29) is 17.1 Å². The Labute approximate surface area is 107 Å². The third kappa shape index (κ3) is 2.60. The van der Waals surface area contributed by atoms with Crippen molar-refractivity contribution in [2.75, 3.05) is 0 Å². The van der Waals surface area contributed by atoms with Crippen LogP contribution in [0.4, 0.5) is 0 Å². The maximum absolute atomic E-state index is 12.0. The molecule has 1 aromatic rings. The average Bonchev–Trinajstić information content (AvgIpc) is 2.61. The van der Waals surface area contributed by atoms with Crippen molar-refractivity contribution in [3.63, 3.8) is 0 Å². The first-order valence-electron chi connectivity index (χ1n) is 6.01.